The van der Waals surface area contributed by atoms with Gasteiger partial charge in [0.15, 0.2) is 0 Å². The smallest absolute Gasteiger partial charge is 0.329 e. The number of thiophene rings is 1. The Morgan fingerprint density at radius 1 is 1.20 bits per heavy atom. The van der Waals surface area contributed by atoms with Crippen LogP contribution >= 0.6 is 11.3 Å². The first-order chi connectivity index (χ1) is 11.9. The van der Waals surface area contributed by atoms with Gasteiger partial charge in [0.2, 0.25) is 0 Å². The van der Waals surface area contributed by atoms with Gasteiger partial charge in [-0.3, -0.25) is 0 Å². The van der Waals surface area contributed by atoms with Crippen LogP contribution in [0.15, 0.2) is 48.1 Å². The predicted octanol–water partition coefficient (Wildman–Crippen LogP) is 4.06. The Labute approximate surface area is 151 Å². The quantitative estimate of drug-likeness (QED) is 0.699. The number of carbonyl (C=O) groups excluding carboxylic acids is 1. The third-order valence-corrected chi connectivity index (χ3v) is 4.37. The van der Waals surface area contributed by atoms with E-state index in [0.29, 0.717) is 12.2 Å². The van der Waals surface area contributed by atoms with E-state index >= 15 is 0 Å². The van der Waals surface area contributed by atoms with Crippen LogP contribution in [0, 0.1) is 0 Å². The zero-order valence-corrected chi connectivity index (χ0v) is 15.3. The Hall–Kier alpha value is -2.47. The minimum absolute atomic E-state index is 0.293. The highest BCUT2D eigenvalue weighted by Gasteiger charge is 2.26. The number of fused-ring (bicyclic) bond motifs is 1. The van der Waals surface area contributed by atoms with E-state index in [1.54, 1.807) is 11.3 Å². The van der Waals surface area contributed by atoms with Crippen molar-refractivity contribution in [2.45, 2.75) is 38.8 Å². The van der Waals surface area contributed by atoms with E-state index in [2.05, 4.69) is 15.3 Å². The first kappa shape index (κ1) is 17.4. The summed E-state index contributed by atoms with van der Waals surface area (Å²) in [6.07, 6.45) is 2.03. The summed E-state index contributed by atoms with van der Waals surface area (Å²) in [6.45, 7) is 5.60. The maximum atomic E-state index is 12.7. The van der Waals surface area contributed by atoms with Crippen LogP contribution in [0.2, 0.25) is 0 Å². The van der Waals surface area contributed by atoms with E-state index in [4.69, 9.17) is 4.74 Å². The molecule has 0 bridgehead atoms. The Morgan fingerprint density at radius 3 is 2.68 bits per heavy atom. The summed E-state index contributed by atoms with van der Waals surface area (Å²) < 4.78 is 5.60. The fourth-order valence-electron chi connectivity index (χ4n) is 2.49. The van der Waals surface area contributed by atoms with Gasteiger partial charge in [-0.15, -0.1) is 11.3 Å². The van der Waals surface area contributed by atoms with Gasteiger partial charge in [0.05, 0.1) is 5.39 Å². The van der Waals surface area contributed by atoms with Crippen LogP contribution in [-0.4, -0.2) is 27.6 Å². The molecular formula is C19H21N3O2S. The van der Waals surface area contributed by atoms with E-state index in [0.717, 1.165) is 15.8 Å². The van der Waals surface area contributed by atoms with Gasteiger partial charge in [-0.05, 0) is 37.8 Å². The second-order valence-electron chi connectivity index (χ2n) is 6.78. The number of rotatable bonds is 5. The fourth-order valence-corrected chi connectivity index (χ4v) is 3.22. The summed E-state index contributed by atoms with van der Waals surface area (Å²) in [5.41, 5.74) is 0.512. The molecule has 0 unspecified atom stereocenters. The second-order valence-corrected chi connectivity index (χ2v) is 7.68. The Balaban J connectivity index is 1.87. The van der Waals surface area contributed by atoms with Crippen molar-refractivity contribution in [2.75, 3.05) is 5.32 Å². The highest BCUT2D eigenvalue weighted by molar-refractivity contribution is 7.16. The van der Waals surface area contributed by atoms with Crippen molar-refractivity contribution in [3.63, 3.8) is 0 Å². The molecule has 130 valence electrons. The van der Waals surface area contributed by atoms with E-state index in [9.17, 15) is 4.79 Å². The summed E-state index contributed by atoms with van der Waals surface area (Å²) in [5, 5.41) is 6.13. The van der Waals surface area contributed by atoms with E-state index in [1.807, 2.05) is 62.5 Å². The molecule has 0 saturated heterocycles. The van der Waals surface area contributed by atoms with Gasteiger partial charge in [-0.1, -0.05) is 30.3 Å². The minimum Gasteiger partial charge on any atom is -0.458 e. The number of anilines is 1. The topological polar surface area (TPSA) is 64.1 Å². The average molecular weight is 355 g/mol. The highest BCUT2D eigenvalue weighted by Crippen LogP contribution is 2.25. The lowest BCUT2D eigenvalue weighted by Gasteiger charge is -2.25. The molecule has 2 heterocycles. The molecule has 3 aromatic rings. The molecule has 0 saturated carbocycles. The Kier molecular flexibility index (Phi) is 4.99. The number of nitrogens with zero attached hydrogens (tertiary/aromatic N) is 2. The van der Waals surface area contributed by atoms with Gasteiger partial charge in [-0.25, -0.2) is 14.8 Å². The van der Waals surface area contributed by atoms with E-state index < -0.39 is 11.6 Å². The van der Waals surface area contributed by atoms with Gasteiger partial charge >= 0.3 is 5.97 Å². The number of hydrogen-bond donors (Lipinski definition) is 1. The molecule has 0 radical (unpaired) electrons. The molecular weight excluding hydrogens is 334 g/mol. The summed E-state index contributed by atoms with van der Waals surface area (Å²) in [4.78, 5) is 22.2. The molecule has 3 rings (SSSR count). The molecule has 0 spiro atoms. The van der Waals surface area contributed by atoms with Gasteiger partial charge in [0.1, 0.15) is 28.6 Å². The van der Waals surface area contributed by atoms with Crippen LogP contribution in [0.1, 0.15) is 26.3 Å². The van der Waals surface area contributed by atoms with Crippen molar-refractivity contribution in [1.82, 2.24) is 9.97 Å². The molecule has 1 atom stereocenters. The fraction of sp³-hybridized carbons (Fsp3) is 0.316. The number of benzene rings is 1. The third kappa shape index (κ3) is 4.54. The lowest BCUT2D eigenvalue weighted by Crippen LogP contribution is -2.38. The number of hydrogen-bond acceptors (Lipinski definition) is 6. The summed E-state index contributed by atoms with van der Waals surface area (Å²) >= 11 is 1.54. The van der Waals surface area contributed by atoms with Crippen LogP contribution in [-0.2, 0) is 16.0 Å². The Bertz CT molecular complexity index is 856. The van der Waals surface area contributed by atoms with Crippen LogP contribution in [0.25, 0.3) is 10.2 Å². The molecule has 0 amide bonds. The lowest BCUT2D eigenvalue weighted by atomic mass is 10.1. The zero-order chi connectivity index (χ0) is 17.9. The second kappa shape index (κ2) is 7.19. The molecule has 0 aliphatic carbocycles. The monoisotopic (exact) mass is 355 g/mol. The number of carbonyl (C=O) groups is 1. The normalized spacial score (nSPS) is 12.8. The molecule has 2 aromatic heterocycles. The average Bonchev–Trinajstić information content (AvgIpc) is 3.03. The molecule has 0 fully saturated rings. The van der Waals surface area contributed by atoms with Crippen LogP contribution in [0.5, 0.6) is 0 Å². The molecule has 25 heavy (non-hydrogen) atoms. The maximum absolute atomic E-state index is 12.7. The summed E-state index contributed by atoms with van der Waals surface area (Å²) in [7, 11) is 0. The van der Waals surface area contributed by atoms with Crippen molar-refractivity contribution in [1.29, 1.82) is 0 Å². The van der Waals surface area contributed by atoms with Crippen molar-refractivity contribution >= 4 is 33.3 Å². The van der Waals surface area contributed by atoms with E-state index in [-0.39, 0.29) is 5.97 Å². The molecule has 5 nitrogen and oxygen atoms in total. The number of ether oxygens (including phenoxy) is 1. The molecule has 1 N–H and O–H groups in total. The Morgan fingerprint density at radius 2 is 1.96 bits per heavy atom. The highest BCUT2D eigenvalue weighted by atomic mass is 32.1. The van der Waals surface area contributed by atoms with Crippen molar-refractivity contribution in [2.24, 2.45) is 0 Å². The summed E-state index contributed by atoms with van der Waals surface area (Å²) in [6, 6.07) is 11.3. The third-order valence-electron chi connectivity index (χ3n) is 3.55. The first-order valence-electron chi connectivity index (χ1n) is 8.14. The van der Waals surface area contributed by atoms with Crippen molar-refractivity contribution < 1.29 is 9.53 Å². The lowest BCUT2D eigenvalue weighted by molar-refractivity contribution is -0.155. The molecule has 1 aromatic carbocycles. The summed E-state index contributed by atoms with van der Waals surface area (Å²) in [5.74, 6) is 0.358. The SMILES string of the molecule is CC(C)(C)OC(=O)[C@@H](Cc1ccccc1)Nc1ncnc2sccc12. The van der Waals surface area contributed by atoms with E-state index in [1.165, 1.54) is 6.33 Å². The van der Waals surface area contributed by atoms with Crippen molar-refractivity contribution in [3.8, 4) is 0 Å². The molecule has 0 aliphatic rings. The van der Waals surface area contributed by atoms with Gasteiger partial charge < -0.3 is 10.1 Å². The predicted molar refractivity (Wildman–Crippen MR) is 101 cm³/mol. The molecule has 6 heteroatoms. The first-order valence-corrected chi connectivity index (χ1v) is 9.02. The number of nitrogens with one attached hydrogen (secondary N) is 1. The number of aromatic nitrogens is 2. The standard InChI is InChI=1S/C19H21N3O2S/c1-19(2,3)24-18(23)15(11-13-7-5-4-6-8-13)22-16-14-9-10-25-17(14)21-12-20-16/h4-10,12,15H,11H2,1-3H3,(H,20,21,22)/t15-/m1/s1. The van der Waals surface area contributed by atoms with Crippen LogP contribution in [0.3, 0.4) is 0 Å². The maximum Gasteiger partial charge on any atom is 0.329 e. The van der Waals surface area contributed by atoms with Gasteiger partial charge in [0, 0.05) is 6.42 Å². The van der Waals surface area contributed by atoms with Crippen molar-refractivity contribution in [3.05, 3.63) is 53.7 Å². The number of esters is 1. The van der Waals surface area contributed by atoms with Gasteiger partial charge in [-0.2, -0.15) is 0 Å². The molecule has 0 aliphatic heterocycles. The minimum atomic E-state index is -0.545. The van der Waals surface area contributed by atoms with Crippen LogP contribution in [0.4, 0.5) is 5.82 Å². The largest absolute Gasteiger partial charge is 0.458 e. The van der Waals surface area contributed by atoms with Crippen LogP contribution < -0.4 is 5.32 Å². The zero-order valence-electron chi connectivity index (χ0n) is 14.5. The van der Waals surface area contributed by atoms with Gasteiger partial charge in [0.25, 0.3) is 0 Å².